The van der Waals surface area contributed by atoms with Crippen LogP contribution in [0.2, 0.25) is 0 Å². The van der Waals surface area contributed by atoms with Gasteiger partial charge in [-0.2, -0.15) is 9.97 Å². The number of nitrogens with zero attached hydrogens (tertiary/aromatic N) is 6. The third-order valence-corrected chi connectivity index (χ3v) is 11.5. The van der Waals surface area contributed by atoms with Gasteiger partial charge in [0.1, 0.15) is 41.9 Å². The van der Waals surface area contributed by atoms with E-state index >= 15 is 4.39 Å². The van der Waals surface area contributed by atoms with E-state index in [0.717, 1.165) is 88.4 Å². The van der Waals surface area contributed by atoms with Gasteiger partial charge in [-0.1, -0.05) is 13.8 Å². The molecule has 3 aromatic rings. The van der Waals surface area contributed by atoms with E-state index in [-0.39, 0.29) is 35.0 Å². The Balaban J connectivity index is 0.00000184. The largest absolute Gasteiger partial charge is 0.475 e. The standard InChI is InChI=1S/C37H46FN7O4.C2H6/c1-22-17-26(39)25(18-40-27-7-2-3-16-47-27)29(28(22)23-8-9-23)32-31(38)33-30-34(45-14-6-15-46-19-24(45)20-48-35(30)41-32)43-36(42-33)49-21-37-10-4-12-44(37)13-5-11-37;1-2/h17-18,23-24,27H,2-16,19-21,39H2,1H3;1-2H3/b40-18+;/t24-,27?;/m0./s1. The van der Waals surface area contributed by atoms with E-state index in [4.69, 9.17) is 44.6 Å². The van der Waals surface area contributed by atoms with Gasteiger partial charge in [0, 0.05) is 42.8 Å². The summed E-state index contributed by atoms with van der Waals surface area (Å²) in [6, 6.07) is 2.06. The molecular weight excluding hydrogens is 649 g/mol. The molecule has 5 fully saturated rings. The molecule has 7 heterocycles. The Labute approximate surface area is 300 Å². The van der Waals surface area contributed by atoms with Gasteiger partial charge in [-0.15, -0.1) is 0 Å². The molecule has 5 aliphatic heterocycles. The summed E-state index contributed by atoms with van der Waals surface area (Å²) in [4.78, 5) is 24.3. The topological polar surface area (TPSA) is 120 Å². The van der Waals surface area contributed by atoms with Gasteiger partial charge < -0.3 is 29.6 Å². The number of aliphatic imine (C=N–C) groups is 1. The number of hydrogen-bond donors (Lipinski definition) is 1. The highest BCUT2D eigenvalue weighted by Gasteiger charge is 2.45. The molecular formula is C39H52FN7O4. The van der Waals surface area contributed by atoms with Gasteiger partial charge in [0.15, 0.2) is 5.82 Å². The van der Waals surface area contributed by atoms with Crippen molar-refractivity contribution >= 4 is 28.6 Å². The zero-order chi connectivity index (χ0) is 35.1. The first-order valence-corrected chi connectivity index (χ1v) is 19.3. The molecule has 9 rings (SSSR count). The molecule has 1 unspecified atom stereocenters. The number of nitrogen functional groups attached to an aromatic ring is 1. The summed E-state index contributed by atoms with van der Waals surface area (Å²) in [5, 5.41) is 0.471. The summed E-state index contributed by atoms with van der Waals surface area (Å²) in [5.74, 6) is 0.672. The van der Waals surface area contributed by atoms with Crippen molar-refractivity contribution in [2.45, 2.75) is 109 Å². The number of aryl methyl sites for hydroxylation is 1. The van der Waals surface area contributed by atoms with Crippen LogP contribution in [0.1, 0.15) is 101 Å². The van der Waals surface area contributed by atoms with Gasteiger partial charge in [-0.3, -0.25) is 9.89 Å². The Morgan fingerprint density at radius 1 is 1.02 bits per heavy atom. The first-order valence-electron chi connectivity index (χ1n) is 19.3. The second-order valence-corrected chi connectivity index (χ2v) is 14.8. The monoisotopic (exact) mass is 701 g/mol. The molecule has 1 aliphatic carbocycles. The number of rotatable bonds is 7. The number of benzene rings is 1. The number of fused-ring (bicyclic) bond motifs is 3. The van der Waals surface area contributed by atoms with Gasteiger partial charge in [0.2, 0.25) is 5.88 Å². The van der Waals surface area contributed by atoms with Crippen molar-refractivity contribution in [1.82, 2.24) is 19.9 Å². The van der Waals surface area contributed by atoms with Crippen molar-refractivity contribution in [2.75, 3.05) is 63.3 Å². The predicted octanol–water partition coefficient (Wildman–Crippen LogP) is 6.57. The van der Waals surface area contributed by atoms with E-state index in [1.807, 2.05) is 26.8 Å². The molecule has 11 nitrogen and oxygen atoms in total. The Bertz CT molecular complexity index is 1780. The molecule has 6 aliphatic rings. The lowest BCUT2D eigenvalue weighted by molar-refractivity contribution is 0.0227. The first kappa shape index (κ1) is 34.5. The van der Waals surface area contributed by atoms with Gasteiger partial charge in [0.25, 0.3) is 0 Å². The molecule has 0 radical (unpaired) electrons. The lowest BCUT2D eigenvalue weighted by Gasteiger charge is -2.31. The zero-order valence-corrected chi connectivity index (χ0v) is 30.4. The third kappa shape index (κ3) is 6.41. The normalized spacial score (nSPS) is 24.4. The molecule has 0 bridgehead atoms. The van der Waals surface area contributed by atoms with E-state index in [0.29, 0.717) is 79.4 Å². The summed E-state index contributed by atoms with van der Waals surface area (Å²) >= 11 is 0. The fourth-order valence-electron chi connectivity index (χ4n) is 8.89. The molecule has 12 heteroatoms. The second kappa shape index (κ2) is 14.4. The number of pyridine rings is 1. The molecule has 274 valence electrons. The fourth-order valence-corrected chi connectivity index (χ4v) is 8.89. The Kier molecular flexibility index (Phi) is 9.75. The molecule has 1 aromatic carbocycles. The van der Waals surface area contributed by atoms with E-state index < -0.39 is 5.82 Å². The molecule has 2 N–H and O–H groups in total. The Hall–Kier alpha value is -3.61. The molecule has 2 atom stereocenters. The summed E-state index contributed by atoms with van der Waals surface area (Å²) in [5.41, 5.74) is 11.0. The van der Waals surface area contributed by atoms with Crippen LogP contribution in [0.15, 0.2) is 11.1 Å². The van der Waals surface area contributed by atoms with Crippen molar-refractivity contribution in [1.29, 1.82) is 0 Å². The van der Waals surface area contributed by atoms with Crippen molar-refractivity contribution in [3.8, 4) is 23.1 Å². The van der Waals surface area contributed by atoms with Crippen molar-refractivity contribution in [3.63, 3.8) is 0 Å². The van der Waals surface area contributed by atoms with Crippen LogP contribution in [0.3, 0.4) is 0 Å². The van der Waals surface area contributed by atoms with E-state index in [2.05, 4.69) is 9.80 Å². The average molecular weight is 702 g/mol. The van der Waals surface area contributed by atoms with E-state index in [9.17, 15) is 0 Å². The van der Waals surface area contributed by atoms with Crippen LogP contribution < -0.4 is 20.1 Å². The quantitative estimate of drug-likeness (QED) is 0.214. The van der Waals surface area contributed by atoms with Crippen LogP contribution in [-0.2, 0) is 9.47 Å². The molecule has 4 saturated heterocycles. The third-order valence-electron chi connectivity index (χ3n) is 11.5. The van der Waals surface area contributed by atoms with Crippen molar-refractivity contribution < 1.29 is 23.3 Å². The predicted molar refractivity (Wildman–Crippen MR) is 197 cm³/mol. The maximum atomic E-state index is 17.5. The fraction of sp³-hybridized carbons (Fsp3) is 0.641. The average Bonchev–Trinajstić information content (AvgIpc) is 3.87. The SMILES string of the molecule is CC.Cc1cc(N)c(/C=N/C2CCCCO2)c(-c2nc3c4c(nc(OCC56CCCN5CCC6)nc4c2F)N2CCCOC[C@H]2CO3)c1C1CC1. The number of aromatic nitrogens is 3. The molecule has 2 aromatic heterocycles. The van der Waals surface area contributed by atoms with Crippen molar-refractivity contribution in [3.05, 3.63) is 28.6 Å². The number of anilines is 2. The lowest BCUT2D eigenvalue weighted by Crippen LogP contribution is -2.43. The Morgan fingerprint density at radius 3 is 2.61 bits per heavy atom. The van der Waals surface area contributed by atoms with Gasteiger partial charge in [0.05, 0.1) is 18.2 Å². The summed E-state index contributed by atoms with van der Waals surface area (Å²) < 4.78 is 42.3. The van der Waals surface area contributed by atoms with Crippen LogP contribution in [-0.4, -0.2) is 96.5 Å². The smallest absolute Gasteiger partial charge is 0.319 e. The summed E-state index contributed by atoms with van der Waals surface area (Å²) in [6.07, 6.45) is 11.8. The maximum Gasteiger partial charge on any atom is 0.319 e. The van der Waals surface area contributed by atoms with E-state index in [1.54, 1.807) is 6.21 Å². The Morgan fingerprint density at radius 2 is 1.84 bits per heavy atom. The minimum absolute atomic E-state index is 0.00379. The second-order valence-electron chi connectivity index (χ2n) is 14.8. The van der Waals surface area contributed by atoms with Crippen molar-refractivity contribution in [2.24, 2.45) is 4.99 Å². The van der Waals surface area contributed by atoms with Crippen LogP contribution in [0, 0.1) is 12.7 Å². The van der Waals surface area contributed by atoms with Crippen LogP contribution in [0.5, 0.6) is 11.9 Å². The van der Waals surface area contributed by atoms with Crippen LogP contribution in [0.4, 0.5) is 15.9 Å². The molecule has 0 spiro atoms. The molecule has 0 amide bonds. The lowest BCUT2D eigenvalue weighted by atomic mass is 9.89. The highest BCUT2D eigenvalue weighted by Crippen LogP contribution is 2.50. The maximum absolute atomic E-state index is 17.5. The highest BCUT2D eigenvalue weighted by molar-refractivity contribution is 6.02. The van der Waals surface area contributed by atoms with Gasteiger partial charge in [-0.25, -0.2) is 9.37 Å². The number of nitrogens with two attached hydrogens (primary N) is 1. The van der Waals surface area contributed by atoms with Crippen LogP contribution in [0.25, 0.3) is 22.2 Å². The minimum Gasteiger partial charge on any atom is -0.475 e. The zero-order valence-electron chi connectivity index (χ0n) is 30.4. The van der Waals surface area contributed by atoms with Crippen LogP contribution >= 0.6 is 0 Å². The first-order chi connectivity index (χ1) is 25.0. The van der Waals surface area contributed by atoms with Gasteiger partial charge >= 0.3 is 6.01 Å². The van der Waals surface area contributed by atoms with E-state index in [1.165, 1.54) is 0 Å². The van der Waals surface area contributed by atoms with Gasteiger partial charge in [-0.05, 0) is 107 Å². The summed E-state index contributed by atoms with van der Waals surface area (Å²) in [7, 11) is 0. The summed E-state index contributed by atoms with van der Waals surface area (Å²) in [6.45, 7) is 11.6. The number of hydrogen-bond acceptors (Lipinski definition) is 11. The highest BCUT2D eigenvalue weighted by atomic mass is 19.1. The number of ether oxygens (including phenoxy) is 4. The minimum atomic E-state index is -0.530. The number of halogens is 1. The molecule has 51 heavy (non-hydrogen) atoms. The molecule has 1 saturated carbocycles.